The second-order valence-electron chi connectivity index (χ2n) is 6.85. The SMILES string of the molecule is Cc1cc(-c2ccc(N3CC(C)OC(C)C3)cc2CN)cc(C)n1. The second kappa shape index (κ2) is 6.91. The third kappa shape index (κ3) is 3.60. The minimum Gasteiger partial charge on any atom is -0.372 e. The lowest BCUT2D eigenvalue weighted by atomic mass is 9.98. The van der Waals surface area contributed by atoms with E-state index in [1.165, 1.54) is 22.4 Å². The van der Waals surface area contributed by atoms with Gasteiger partial charge in [-0.15, -0.1) is 0 Å². The molecule has 0 bridgehead atoms. The van der Waals surface area contributed by atoms with Gasteiger partial charge < -0.3 is 15.4 Å². The number of hydrogen-bond donors (Lipinski definition) is 1. The summed E-state index contributed by atoms with van der Waals surface area (Å²) in [5.74, 6) is 0. The van der Waals surface area contributed by atoms with Gasteiger partial charge in [-0.3, -0.25) is 4.98 Å². The average Bonchev–Trinajstić information content (AvgIpc) is 2.52. The highest BCUT2D eigenvalue weighted by Crippen LogP contribution is 2.30. The quantitative estimate of drug-likeness (QED) is 0.939. The fraction of sp³-hybridized carbons (Fsp3) is 0.450. The van der Waals surface area contributed by atoms with Crippen molar-refractivity contribution >= 4 is 5.69 Å². The molecule has 1 aromatic heterocycles. The molecule has 0 radical (unpaired) electrons. The minimum absolute atomic E-state index is 0.250. The van der Waals surface area contributed by atoms with E-state index in [0.717, 1.165) is 24.5 Å². The molecule has 4 heteroatoms. The van der Waals surface area contributed by atoms with Crippen molar-refractivity contribution in [1.82, 2.24) is 4.98 Å². The molecule has 2 N–H and O–H groups in total. The lowest BCUT2D eigenvalue weighted by Crippen LogP contribution is -2.45. The lowest BCUT2D eigenvalue weighted by Gasteiger charge is -2.37. The molecule has 1 aromatic carbocycles. The number of aromatic nitrogens is 1. The van der Waals surface area contributed by atoms with E-state index in [1.54, 1.807) is 0 Å². The van der Waals surface area contributed by atoms with Gasteiger partial charge in [-0.1, -0.05) is 6.07 Å². The number of nitrogens with zero attached hydrogens (tertiary/aromatic N) is 2. The van der Waals surface area contributed by atoms with Crippen LogP contribution >= 0.6 is 0 Å². The standard InChI is InChI=1S/C20H27N3O/c1-13-7-17(8-14(2)22-13)20-6-5-19(9-18(20)10-21)23-11-15(3)24-16(4)12-23/h5-9,15-16H,10-12,21H2,1-4H3. The van der Waals surface area contributed by atoms with Crippen LogP contribution in [0.4, 0.5) is 5.69 Å². The molecule has 0 saturated carbocycles. The number of pyridine rings is 1. The van der Waals surface area contributed by atoms with Gasteiger partial charge in [-0.25, -0.2) is 0 Å². The largest absolute Gasteiger partial charge is 0.372 e. The van der Waals surface area contributed by atoms with Gasteiger partial charge in [0.25, 0.3) is 0 Å². The summed E-state index contributed by atoms with van der Waals surface area (Å²) in [6, 6.07) is 10.9. The number of ether oxygens (including phenoxy) is 1. The van der Waals surface area contributed by atoms with Crippen molar-refractivity contribution in [2.45, 2.75) is 46.4 Å². The number of anilines is 1. The number of morpholine rings is 1. The molecule has 1 fully saturated rings. The normalized spacial score (nSPS) is 21.1. The fourth-order valence-corrected chi connectivity index (χ4v) is 3.61. The van der Waals surface area contributed by atoms with Crippen LogP contribution in [0, 0.1) is 13.8 Å². The predicted octanol–water partition coefficient (Wildman–Crippen LogP) is 3.44. The maximum Gasteiger partial charge on any atom is 0.0726 e. The lowest BCUT2D eigenvalue weighted by molar-refractivity contribution is -0.00521. The number of rotatable bonds is 3. The molecule has 2 aromatic rings. The highest BCUT2D eigenvalue weighted by molar-refractivity contribution is 5.71. The molecular formula is C20H27N3O. The molecule has 1 saturated heterocycles. The molecular weight excluding hydrogens is 298 g/mol. The van der Waals surface area contributed by atoms with Gasteiger partial charge in [-0.2, -0.15) is 0 Å². The Morgan fingerprint density at radius 2 is 1.71 bits per heavy atom. The van der Waals surface area contributed by atoms with Crippen LogP contribution in [0.15, 0.2) is 30.3 Å². The molecule has 4 nitrogen and oxygen atoms in total. The van der Waals surface area contributed by atoms with Crippen molar-refractivity contribution in [2.24, 2.45) is 5.73 Å². The Balaban J connectivity index is 1.96. The summed E-state index contributed by atoms with van der Waals surface area (Å²) < 4.78 is 5.84. The van der Waals surface area contributed by atoms with E-state index in [0.29, 0.717) is 6.54 Å². The van der Waals surface area contributed by atoms with E-state index in [1.807, 2.05) is 13.8 Å². The van der Waals surface area contributed by atoms with Crippen molar-refractivity contribution in [3.8, 4) is 11.1 Å². The first-order valence-electron chi connectivity index (χ1n) is 8.65. The van der Waals surface area contributed by atoms with Gasteiger partial charge >= 0.3 is 0 Å². The van der Waals surface area contributed by atoms with Gasteiger partial charge in [0.15, 0.2) is 0 Å². The van der Waals surface area contributed by atoms with Gasteiger partial charge in [0.05, 0.1) is 12.2 Å². The van der Waals surface area contributed by atoms with Crippen LogP contribution < -0.4 is 10.6 Å². The van der Waals surface area contributed by atoms with Crippen LogP contribution in [0.1, 0.15) is 30.8 Å². The minimum atomic E-state index is 0.250. The van der Waals surface area contributed by atoms with Crippen LogP contribution in [0.5, 0.6) is 0 Å². The van der Waals surface area contributed by atoms with E-state index in [4.69, 9.17) is 10.5 Å². The number of hydrogen-bond acceptors (Lipinski definition) is 4. The van der Waals surface area contributed by atoms with E-state index >= 15 is 0 Å². The Morgan fingerprint density at radius 3 is 2.29 bits per heavy atom. The Bertz CT molecular complexity index is 699. The van der Waals surface area contributed by atoms with Crippen LogP contribution in [-0.4, -0.2) is 30.3 Å². The third-order valence-electron chi connectivity index (χ3n) is 4.49. The molecule has 1 aliphatic rings. The zero-order chi connectivity index (χ0) is 17.3. The monoisotopic (exact) mass is 325 g/mol. The number of aryl methyl sites for hydroxylation is 2. The molecule has 2 atom stereocenters. The smallest absolute Gasteiger partial charge is 0.0726 e. The van der Waals surface area contributed by atoms with Gasteiger partial charge in [0, 0.05) is 36.7 Å². The second-order valence-corrected chi connectivity index (χ2v) is 6.85. The molecule has 0 aliphatic carbocycles. The van der Waals surface area contributed by atoms with Crippen LogP contribution in [-0.2, 0) is 11.3 Å². The van der Waals surface area contributed by atoms with E-state index in [-0.39, 0.29) is 12.2 Å². The molecule has 128 valence electrons. The average molecular weight is 325 g/mol. The number of benzene rings is 1. The van der Waals surface area contributed by atoms with Gasteiger partial charge in [0.1, 0.15) is 0 Å². The molecule has 0 spiro atoms. The van der Waals surface area contributed by atoms with Crippen molar-refractivity contribution in [2.75, 3.05) is 18.0 Å². The molecule has 0 amide bonds. The first-order valence-corrected chi connectivity index (χ1v) is 8.65. The van der Waals surface area contributed by atoms with Gasteiger partial charge in [0.2, 0.25) is 0 Å². The van der Waals surface area contributed by atoms with Crippen LogP contribution in [0.2, 0.25) is 0 Å². The van der Waals surface area contributed by atoms with Crippen LogP contribution in [0.25, 0.3) is 11.1 Å². The third-order valence-corrected chi connectivity index (χ3v) is 4.49. The van der Waals surface area contributed by atoms with E-state index < -0.39 is 0 Å². The Hall–Kier alpha value is -1.91. The first-order chi connectivity index (χ1) is 11.5. The summed E-state index contributed by atoms with van der Waals surface area (Å²) in [6.07, 6.45) is 0.500. The highest BCUT2D eigenvalue weighted by atomic mass is 16.5. The molecule has 1 aliphatic heterocycles. The molecule has 2 heterocycles. The summed E-state index contributed by atoms with van der Waals surface area (Å²) in [5.41, 5.74) is 12.9. The summed E-state index contributed by atoms with van der Waals surface area (Å²) >= 11 is 0. The molecule has 3 rings (SSSR count). The Kier molecular flexibility index (Phi) is 4.88. The summed E-state index contributed by atoms with van der Waals surface area (Å²) in [4.78, 5) is 6.86. The summed E-state index contributed by atoms with van der Waals surface area (Å²) in [6.45, 7) is 10.7. The van der Waals surface area contributed by atoms with Gasteiger partial charge in [-0.05, 0) is 68.7 Å². The van der Waals surface area contributed by atoms with Crippen molar-refractivity contribution < 1.29 is 4.74 Å². The maximum atomic E-state index is 6.06. The first kappa shape index (κ1) is 16.9. The zero-order valence-corrected chi connectivity index (χ0v) is 15.0. The van der Waals surface area contributed by atoms with Crippen LogP contribution in [0.3, 0.4) is 0 Å². The Labute approximate surface area is 144 Å². The van der Waals surface area contributed by atoms with Crippen molar-refractivity contribution in [1.29, 1.82) is 0 Å². The molecule has 2 unspecified atom stereocenters. The van der Waals surface area contributed by atoms with E-state index in [2.05, 4.69) is 54.1 Å². The Morgan fingerprint density at radius 1 is 1.08 bits per heavy atom. The zero-order valence-electron chi connectivity index (χ0n) is 15.0. The highest BCUT2D eigenvalue weighted by Gasteiger charge is 2.22. The maximum absolute atomic E-state index is 6.06. The van der Waals surface area contributed by atoms with Crippen molar-refractivity contribution in [3.05, 3.63) is 47.3 Å². The topological polar surface area (TPSA) is 51.4 Å². The fourth-order valence-electron chi connectivity index (χ4n) is 3.61. The molecule has 24 heavy (non-hydrogen) atoms. The number of nitrogens with two attached hydrogens (primary N) is 1. The van der Waals surface area contributed by atoms with Crippen molar-refractivity contribution in [3.63, 3.8) is 0 Å². The predicted molar refractivity (Wildman–Crippen MR) is 99.3 cm³/mol. The summed E-state index contributed by atoms with van der Waals surface area (Å²) in [5, 5.41) is 0. The van der Waals surface area contributed by atoms with E-state index in [9.17, 15) is 0 Å². The summed E-state index contributed by atoms with van der Waals surface area (Å²) in [7, 11) is 0.